The van der Waals surface area contributed by atoms with Gasteiger partial charge in [-0.2, -0.15) is 0 Å². The highest BCUT2D eigenvalue weighted by molar-refractivity contribution is 6.00. The first-order valence-corrected chi connectivity index (χ1v) is 6.69. The van der Waals surface area contributed by atoms with Crippen molar-refractivity contribution >= 4 is 29.7 Å². The van der Waals surface area contributed by atoms with E-state index in [4.69, 9.17) is 22.0 Å². The molecule has 3 rings (SSSR count). The lowest BCUT2D eigenvalue weighted by Gasteiger charge is -2.02. The van der Waals surface area contributed by atoms with E-state index in [9.17, 15) is 0 Å². The zero-order chi connectivity index (χ0) is 16.4. The molecule has 0 fully saturated rings. The molecule has 1 heterocycles. The van der Waals surface area contributed by atoms with Gasteiger partial charge in [0, 0.05) is 29.2 Å². The number of anilines is 3. The van der Waals surface area contributed by atoms with Crippen LogP contribution < -0.4 is 22.5 Å². The van der Waals surface area contributed by atoms with E-state index in [1.165, 1.54) is 0 Å². The van der Waals surface area contributed by atoms with Crippen molar-refractivity contribution in [2.75, 3.05) is 30.3 Å². The SMILES string of the molecule is C=O.Nc1ccc(N)cc1.Nc1cccc(C2=NCCN2)c1. The summed E-state index contributed by atoms with van der Waals surface area (Å²) >= 11 is 0. The van der Waals surface area contributed by atoms with Gasteiger partial charge in [0.2, 0.25) is 0 Å². The molecule has 0 aliphatic carbocycles. The Morgan fingerprint density at radius 1 is 0.909 bits per heavy atom. The van der Waals surface area contributed by atoms with Crippen LogP contribution in [0.3, 0.4) is 0 Å². The van der Waals surface area contributed by atoms with Crippen LogP contribution in [-0.4, -0.2) is 25.7 Å². The molecular weight excluding hydrogens is 278 g/mol. The molecule has 2 aromatic carbocycles. The minimum Gasteiger partial charge on any atom is -0.399 e. The maximum absolute atomic E-state index is 8.00. The standard InChI is InChI=1S/C9H11N3.C6H8N2.CH2O/c10-8-3-1-2-7(6-8)9-11-4-5-12-9;7-5-1-2-6(8)4-3-5;1-2/h1-3,6H,4-5,10H2,(H,11,12);1-4H,7-8H2;1H2. The van der Waals surface area contributed by atoms with Crippen LogP contribution in [0.5, 0.6) is 0 Å². The lowest BCUT2D eigenvalue weighted by atomic mass is 10.2. The van der Waals surface area contributed by atoms with E-state index < -0.39 is 0 Å². The van der Waals surface area contributed by atoms with Crippen molar-refractivity contribution < 1.29 is 4.79 Å². The largest absolute Gasteiger partial charge is 0.399 e. The smallest absolute Gasteiger partial charge is 0.128 e. The monoisotopic (exact) mass is 299 g/mol. The fourth-order valence-electron chi connectivity index (χ4n) is 1.77. The predicted octanol–water partition coefficient (Wildman–Crippen LogP) is 1.28. The number of carbonyl (C=O) groups excluding carboxylic acids is 1. The van der Waals surface area contributed by atoms with Crippen molar-refractivity contribution in [2.24, 2.45) is 4.99 Å². The molecule has 6 nitrogen and oxygen atoms in total. The highest BCUT2D eigenvalue weighted by atomic mass is 16.1. The number of nitrogens with two attached hydrogens (primary N) is 3. The summed E-state index contributed by atoms with van der Waals surface area (Å²) in [6.45, 7) is 3.80. The topological polar surface area (TPSA) is 120 Å². The van der Waals surface area contributed by atoms with Gasteiger partial charge in [-0.05, 0) is 36.4 Å². The third-order valence-corrected chi connectivity index (χ3v) is 2.77. The Morgan fingerprint density at radius 3 is 1.95 bits per heavy atom. The third kappa shape index (κ3) is 5.54. The molecule has 116 valence electrons. The van der Waals surface area contributed by atoms with Gasteiger partial charge in [-0.1, -0.05) is 12.1 Å². The maximum atomic E-state index is 8.00. The summed E-state index contributed by atoms with van der Waals surface area (Å²) in [5, 5.41) is 3.19. The lowest BCUT2D eigenvalue weighted by molar-refractivity contribution is -0.0979. The van der Waals surface area contributed by atoms with Gasteiger partial charge in [-0.25, -0.2) is 0 Å². The molecule has 0 atom stereocenters. The van der Waals surface area contributed by atoms with Crippen LogP contribution in [0.15, 0.2) is 53.5 Å². The highest BCUT2D eigenvalue weighted by Gasteiger charge is 2.06. The van der Waals surface area contributed by atoms with E-state index in [1.54, 1.807) is 24.3 Å². The molecule has 0 amide bonds. The molecule has 2 aromatic rings. The summed E-state index contributed by atoms with van der Waals surface area (Å²) in [6.07, 6.45) is 0. The van der Waals surface area contributed by atoms with E-state index >= 15 is 0 Å². The van der Waals surface area contributed by atoms with E-state index in [1.807, 2.05) is 31.1 Å². The highest BCUT2D eigenvalue weighted by Crippen LogP contribution is 2.08. The molecule has 0 aromatic heterocycles. The number of nitrogens with zero attached hydrogens (tertiary/aromatic N) is 1. The maximum Gasteiger partial charge on any atom is 0.128 e. The quantitative estimate of drug-likeness (QED) is 0.591. The molecule has 1 aliphatic rings. The van der Waals surface area contributed by atoms with Crippen LogP contribution in [0.2, 0.25) is 0 Å². The Hall–Kier alpha value is -3.02. The number of carbonyl (C=O) groups is 1. The Bertz CT molecular complexity index is 589. The summed E-state index contributed by atoms with van der Waals surface area (Å²) in [7, 11) is 0. The number of benzene rings is 2. The van der Waals surface area contributed by atoms with Crippen LogP contribution in [0, 0.1) is 0 Å². The van der Waals surface area contributed by atoms with Gasteiger partial charge >= 0.3 is 0 Å². The molecule has 6 heteroatoms. The van der Waals surface area contributed by atoms with Crippen LogP contribution in [0.25, 0.3) is 0 Å². The summed E-state index contributed by atoms with van der Waals surface area (Å²) in [4.78, 5) is 12.3. The summed E-state index contributed by atoms with van der Waals surface area (Å²) in [5.41, 5.74) is 19.7. The minimum atomic E-state index is 0.749. The molecular formula is C16H21N5O. The van der Waals surface area contributed by atoms with Crippen LogP contribution in [-0.2, 0) is 4.79 Å². The fourth-order valence-corrected chi connectivity index (χ4v) is 1.77. The normalized spacial score (nSPS) is 11.9. The van der Waals surface area contributed by atoms with Crippen LogP contribution >= 0.6 is 0 Å². The van der Waals surface area contributed by atoms with Gasteiger partial charge in [0.25, 0.3) is 0 Å². The Kier molecular flexibility index (Phi) is 6.98. The van der Waals surface area contributed by atoms with Gasteiger partial charge in [-0.3, -0.25) is 4.99 Å². The number of aliphatic imine (C=N–C) groups is 1. The van der Waals surface area contributed by atoms with Gasteiger partial charge in [0.05, 0.1) is 6.54 Å². The number of hydrogen-bond acceptors (Lipinski definition) is 6. The number of rotatable bonds is 1. The zero-order valence-electron chi connectivity index (χ0n) is 12.3. The molecule has 0 unspecified atom stereocenters. The van der Waals surface area contributed by atoms with Crippen LogP contribution in [0.4, 0.5) is 17.1 Å². The predicted molar refractivity (Wildman–Crippen MR) is 92.6 cm³/mol. The number of nitrogens with one attached hydrogen (secondary N) is 1. The van der Waals surface area contributed by atoms with Gasteiger partial charge < -0.3 is 27.3 Å². The first kappa shape index (κ1) is 17.0. The van der Waals surface area contributed by atoms with Gasteiger partial charge in [-0.15, -0.1) is 0 Å². The van der Waals surface area contributed by atoms with Gasteiger partial charge in [0.1, 0.15) is 12.6 Å². The second-order valence-corrected chi connectivity index (χ2v) is 4.45. The number of hydrogen-bond donors (Lipinski definition) is 4. The van der Waals surface area contributed by atoms with Crippen molar-refractivity contribution in [3.8, 4) is 0 Å². The molecule has 0 saturated heterocycles. The minimum absolute atomic E-state index is 0.749. The molecule has 0 bridgehead atoms. The summed E-state index contributed by atoms with van der Waals surface area (Å²) in [6, 6.07) is 14.8. The molecule has 1 aliphatic heterocycles. The summed E-state index contributed by atoms with van der Waals surface area (Å²) < 4.78 is 0. The zero-order valence-corrected chi connectivity index (χ0v) is 12.3. The average Bonchev–Trinajstić information content (AvgIpc) is 3.07. The van der Waals surface area contributed by atoms with Crippen molar-refractivity contribution in [2.45, 2.75) is 0 Å². The molecule has 0 spiro atoms. The van der Waals surface area contributed by atoms with Crippen molar-refractivity contribution in [1.29, 1.82) is 0 Å². The Labute approximate surface area is 130 Å². The van der Waals surface area contributed by atoms with E-state index in [-0.39, 0.29) is 0 Å². The molecule has 7 N–H and O–H groups in total. The third-order valence-electron chi connectivity index (χ3n) is 2.77. The molecule has 0 saturated carbocycles. The first-order valence-electron chi connectivity index (χ1n) is 6.69. The van der Waals surface area contributed by atoms with Crippen molar-refractivity contribution in [1.82, 2.24) is 5.32 Å². The van der Waals surface area contributed by atoms with E-state index in [2.05, 4.69) is 10.3 Å². The number of amidine groups is 1. The second-order valence-electron chi connectivity index (χ2n) is 4.45. The van der Waals surface area contributed by atoms with E-state index in [0.29, 0.717) is 0 Å². The first-order chi connectivity index (χ1) is 10.6. The van der Waals surface area contributed by atoms with Gasteiger partial charge in [0.15, 0.2) is 0 Å². The second kappa shape index (κ2) is 9.02. The fraction of sp³-hybridized carbons (Fsp3) is 0.125. The van der Waals surface area contributed by atoms with Crippen LogP contribution in [0.1, 0.15) is 5.56 Å². The van der Waals surface area contributed by atoms with Crippen molar-refractivity contribution in [3.05, 3.63) is 54.1 Å². The lowest BCUT2D eigenvalue weighted by Crippen LogP contribution is -2.19. The molecule has 0 radical (unpaired) electrons. The van der Waals surface area contributed by atoms with Crippen molar-refractivity contribution in [3.63, 3.8) is 0 Å². The Morgan fingerprint density at radius 2 is 1.50 bits per heavy atom. The van der Waals surface area contributed by atoms with E-state index in [0.717, 1.165) is 41.6 Å². The number of nitrogen functional groups attached to an aromatic ring is 3. The Balaban J connectivity index is 0.000000211. The average molecular weight is 299 g/mol. The summed E-state index contributed by atoms with van der Waals surface area (Å²) in [5.74, 6) is 0.960. The molecule has 22 heavy (non-hydrogen) atoms.